The summed E-state index contributed by atoms with van der Waals surface area (Å²) in [7, 11) is 0. The van der Waals surface area contributed by atoms with Gasteiger partial charge in [-0.1, -0.05) is 31.6 Å². The minimum Gasteiger partial charge on any atom is -0.396 e. The van der Waals surface area contributed by atoms with Crippen molar-refractivity contribution in [3.8, 4) is 11.8 Å². The molecule has 0 spiro atoms. The van der Waals surface area contributed by atoms with E-state index in [0.29, 0.717) is 42.8 Å². The van der Waals surface area contributed by atoms with Gasteiger partial charge in [-0.15, -0.1) is 0 Å². The third-order valence-corrected chi connectivity index (χ3v) is 11.0. The lowest BCUT2D eigenvalue weighted by molar-refractivity contribution is -0.193. The normalized spacial score (nSPS) is 41.1. The number of hydrogen-bond donors (Lipinski definition) is 4. The number of fused-ring (bicyclic) bond motifs is 1. The Labute approximate surface area is 242 Å². The zero-order valence-electron chi connectivity index (χ0n) is 25.0. The standard InChI is InChI=1S/C33H55N3O4/c1-22-7-9-24(10-8-22)11-12-25-13-15-26(16-14-25)20-36-31(29(21-37)32(40-36)23(2)38)33(39)34-18-17-27-19-35-30-6-4-3-5-28(27)30/h22-32,35,37-38H,3-10,13-21H2,1-2H3,(H,34,39)/t22?,23-,24?,25?,26?,27?,28?,29-,30?,31?,32-/m0/s1. The lowest BCUT2D eigenvalue weighted by Crippen LogP contribution is -2.49. The molecular formula is C33H55N3O4. The number of aliphatic hydroxyl groups excluding tert-OH is 2. The van der Waals surface area contributed by atoms with Crippen LogP contribution in [0.4, 0.5) is 0 Å². The zero-order valence-corrected chi connectivity index (χ0v) is 25.0. The average Bonchev–Trinajstić information content (AvgIpc) is 3.55. The predicted molar refractivity (Wildman–Crippen MR) is 157 cm³/mol. The molecule has 7 atom stereocenters. The smallest absolute Gasteiger partial charge is 0.240 e. The van der Waals surface area contributed by atoms with Crippen LogP contribution in [0.2, 0.25) is 0 Å². The van der Waals surface area contributed by atoms with E-state index in [4.69, 9.17) is 4.84 Å². The van der Waals surface area contributed by atoms with Crippen LogP contribution < -0.4 is 10.6 Å². The fourth-order valence-electron chi connectivity index (χ4n) is 8.44. The van der Waals surface area contributed by atoms with Gasteiger partial charge in [0.2, 0.25) is 5.91 Å². The second-order valence-electron chi connectivity index (χ2n) is 14.0. The monoisotopic (exact) mass is 557 g/mol. The van der Waals surface area contributed by atoms with Crippen molar-refractivity contribution in [1.82, 2.24) is 15.7 Å². The van der Waals surface area contributed by atoms with Gasteiger partial charge in [0.05, 0.1) is 12.7 Å². The van der Waals surface area contributed by atoms with Crippen LogP contribution >= 0.6 is 0 Å². The topological polar surface area (TPSA) is 94.1 Å². The summed E-state index contributed by atoms with van der Waals surface area (Å²) >= 11 is 0. The lowest BCUT2D eigenvalue weighted by atomic mass is 9.79. The quantitative estimate of drug-likeness (QED) is 0.339. The molecule has 3 aliphatic carbocycles. The SMILES string of the molecule is CC1CCC(C#CC2CCC(CN3O[C@@H]([C@H](C)O)[C@@H](CO)C3C(=O)NCCC3CNC4CCCCC34)CC2)CC1. The molecule has 1 amide bonds. The van der Waals surface area contributed by atoms with E-state index in [0.717, 1.165) is 50.5 Å². The van der Waals surface area contributed by atoms with E-state index >= 15 is 0 Å². The molecule has 2 saturated heterocycles. The molecule has 0 aromatic carbocycles. The first kappa shape index (κ1) is 30.3. The van der Waals surface area contributed by atoms with Gasteiger partial charge in [0.25, 0.3) is 0 Å². The van der Waals surface area contributed by atoms with E-state index in [1.54, 1.807) is 6.92 Å². The molecule has 4 N–H and O–H groups in total. The molecule has 3 saturated carbocycles. The predicted octanol–water partition coefficient (Wildman–Crippen LogP) is 3.88. The van der Waals surface area contributed by atoms with Crippen molar-refractivity contribution in [2.24, 2.45) is 41.4 Å². The van der Waals surface area contributed by atoms with Crippen molar-refractivity contribution in [1.29, 1.82) is 0 Å². The fourth-order valence-corrected chi connectivity index (χ4v) is 8.44. The Morgan fingerprint density at radius 3 is 2.38 bits per heavy atom. The van der Waals surface area contributed by atoms with E-state index < -0.39 is 24.2 Å². The Morgan fingerprint density at radius 1 is 1.02 bits per heavy atom. The van der Waals surface area contributed by atoms with Gasteiger partial charge in [-0.25, -0.2) is 0 Å². The van der Waals surface area contributed by atoms with Crippen LogP contribution in [0.3, 0.4) is 0 Å². The lowest BCUT2D eigenvalue weighted by Gasteiger charge is -2.32. The minimum absolute atomic E-state index is 0.0743. The molecular weight excluding hydrogens is 502 g/mol. The molecule has 2 heterocycles. The van der Waals surface area contributed by atoms with Crippen molar-refractivity contribution in [3.05, 3.63) is 0 Å². The number of nitrogens with one attached hydrogen (secondary N) is 2. The van der Waals surface area contributed by atoms with Gasteiger partial charge in [-0.2, -0.15) is 5.06 Å². The van der Waals surface area contributed by atoms with Crippen LogP contribution in [0.25, 0.3) is 0 Å². The third kappa shape index (κ3) is 7.42. The van der Waals surface area contributed by atoms with Gasteiger partial charge in [-0.05, 0) is 108 Å². The summed E-state index contributed by atoms with van der Waals surface area (Å²) in [6.07, 6.45) is 14.4. The molecule has 0 bridgehead atoms. The summed E-state index contributed by atoms with van der Waals surface area (Å²) in [5.74, 6) is 10.5. The number of aliphatic hydroxyl groups is 2. The summed E-state index contributed by atoms with van der Waals surface area (Å²) in [5.41, 5.74) is 0. The molecule has 0 aromatic heterocycles. The van der Waals surface area contributed by atoms with E-state index in [9.17, 15) is 15.0 Å². The van der Waals surface area contributed by atoms with Gasteiger partial charge < -0.3 is 20.8 Å². The number of amides is 1. The van der Waals surface area contributed by atoms with Gasteiger partial charge in [0, 0.05) is 36.9 Å². The molecule has 226 valence electrons. The second kappa shape index (κ2) is 14.3. The number of carbonyl (C=O) groups is 1. The van der Waals surface area contributed by atoms with Crippen LogP contribution in [-0.4, -0.2) is 71.7 Å². The van der Waals surface area contributed by atoms with Crippen LogP contribution in [0.15, 0.2) is 0 Å². The Balaban J connectivity index is 1.12. The van der Waals surface area contributed by atoms with Crippen LogP contribution in [0.5, 0.6) is 0 Å². The first-order chi connectivity index (χ1) is 19.4. The Bertz CT molecular complexity index is 871. The van der Waals surface area contributed by atoms with Gasteiger partial charge in [0.1, 0.15) is 12.1 Å². The number of hydrogen-bond acceptors (Lipinski definition) is 6. The van der Waals surface area contributed by atoms with E-state index in [-0.39, 0.29) is 12.5 Å². The van der Waals surface area contributed by atoms with Gasteiger partial charge >= 0.3 is 0 Å². The maximum Gasteiger partial charge on any atom is 0.240 e. The van der Waals surface area contributed by atoms with Crippen LogP contribution in [0.1, 0.15) is 97.3 Å². The van der Waals surface area contributed by atoms with Crippen molar-refractivity contribution < 1.29 is 19.8 Å². The molecule has 7 heteroatoms. The molecule has 0 radical (unpaired) electrons. The van der Waals surface area contributed by atoms with Crippen molar-refractivity contribution in [2.75, 3.05) is 26.2 Å². The third-order valence-electron chi connectivity index (χ3n) is 11.0. The van der Waals surface area contributed by atoms with E-state index in [2.05, 4.69) is 29.4 Å². The Morgan fingerprint density at radius 2 is 1.70 bits per heavy atom. The zero-order chi connectivity index (χ0) is 28.1. The number of nitrogens with zero attached hydrogens (tertiary/aromatic N) is 1. The molecule has 40 heavy (non-hydrogen) atoms. The highest BCUT2D eigenvalue weighted by molar-refractivity contribution is 5.82. The molecule has 4 unspecified atom stereocenters. The molecule has 2 aliphatic heterocycles. The van der Waals surface area contributed by atoms with Crippen LogP contribution in [0, 0.1) is 53.3 Å². The maximum atomic E-state index is 13.5. The highest BCUT2D eigenvalue weighted by Crippen LogP contribution is 2.37. The summed E-state index contributed by atoms with van der Waals surface area (Å²) in [5, 5.41) is 29.4. The molecule has 5 rings (SSSR count). The maximum absolute atomic E-state index is 13.5. The van der Waals surface area contributed by atoms with Crippen molar-refractivity contribution >= 4 is 5.91 Å². The van der Waals surface area contributed by atoms with Crippen LogP contribution in [-0.2, 0) is 9.63 Å². The average molecular weight is 558 g/mol. The first-order valence-corrected chi connectivity index (χ1v) is 16.7. The second-order valence-corrected chi connectivity index (χ2v) is 14.0. The number of rotatable bonds is 8. The minimum atomic E-state index is -0.751. The van der Waals surface area contributed by atoms with Gasteiger partial charge in [0.15, 0.2) is 0 Å². The summed E-state index contributed by atoms with van der Waals surface area (Å²) in [6, 6.07) is 0.0934. The summed E-state index contributed by atoms with van der Waals surface area (Å²) < 4.78 is 0. The molecule has 5 fully saturated rings. The highest BCUT2D eigenvalue weighted by Gasteiger charge is 2.49. The fraction of sp³-hybridized carbons (Fsp3) is 0.909. The van der Waals surface area contributed by atoms with Crippen molar-refractivity contribution in [3.63, 3.8) is 0 Å². The van der Waals surface area contributed by atoms with Crippen molar-refractivity contribution in [2.45, 2.75) is 122 Å². The molecule has 5 aliphatic rings. The molecule has 0 aromatic rings. The first-order valence-electron chi connectivity index (χ1n) is 16.7. The van der Waals surface area contributed by atoms with E-state index in [1.165, 1.54) is 51.4 Å². The van der Waals surface area contributed by atoms with E-state index in [1.807, 2.05) is 5.06 Å². The Kier molecular flexibility index (Phi) is 10.9. The number of carbonyl (C=O) groups excluding carboxylic acids is 1. The largest absolute Gasteiger partial charge is 0.396 e. The Hall–Kier alpha value is -1.17. The molecule has 7 nitrogen and oxygen atoms in total. The van der Waals surface area contributed by atoms with Gasteiger partial charge in [-0.3, -0.25) is 9.63 Å². The summed E-state index contributed by atoms with van der Waals surface area (Å²) in [4.78, 5) is 19.7. The highest BCUT2D eigenvalue weighted by atomic mass is 16.7. The number of hydroxylamine groups is 2. The summed E-state index contributed by atoms with van der Waals surface area (Å²) in [6.45, 7) is 6.24.